The summed E-state index contributed by atoms with van der Waals surface area (Å²) in [6.45, 7) is 5.51. The monoisotopic (exact) mass is 619 g/mol. The van der Waals surface area contributed by atoms with E-state index in [4.69, 9.17) is 20.4 Å². The normalized spacial score (nSPS) is 22.2. The third kappa shape index (κ3) is 5.62. The van der Waals surface area contributed by atoms with Gasteiger partial charge in [0.1, 0.15) is 11.9 Å². The van der Waals surface area contributed by atoms with E-state index < -0.39 is 12.1 Å². The summed E-state index contributed by atoms with van der Waals surface area (Å²) >= 11 is 0. The molecule has 1 spiro atoms. The Balaban J connectivity index is 1.07. The number of ether oxygens (including phenoxy) is 1. The summed E-state index contributed by atoms with van der Waals surface area (Å²) in [5, 5.41) is 8.54. The van der Waals surface area contributed by atoms with Crippen LogP contribution in [0.5, 0.6) is 0 Å². The number of nitrogen functional groups attached to an aromatic ring is 1. The maximum absolute atomic E-state index is 13.5. The van der Waals surface area contributed by atoms with Gasteiger partial charge in [-0.05, 0) is 84.3 Å². The number of imidazole rings is 1. The summed E-state index contributed by atoms with van der Waals surface area (Å²) in [4.78, 5) is 40.3. The highest BCUT2D eigenvalue weighted by molar-refractivity contribution is 6.11. The number of carbonyl (C=O) groups is 2. The van der Waals surface area contributed by atoms with Crippen molar-refractivity contribution in [1.29, 1.82) is 0 Å². The lowest BCUT2D eigenvalue weighted by Gasteiger charge is -2.30. The van der Waals surface area contributed by atoms with Crippen LogP contribution in [0.25, 0.3) is 33.2 Å². The Labute approximate surface area is 268 Å². The topological polar surface area (TPSA) is 138 Å². The first kappa shape index (κ1) is 30.0. The first-order valence-electron chi connectivity index (χ1n) is 16.2. The number of methoxy groups -OCH3 is 1. The summed E-state index contributed by atoms with van der Waals surface area (Å²) in [5.74, 6) is 0.544. The molecular formula is C36H41N7O3. The van der Waals surface area contributed by atoms with Gasteiger partial charge in [0.15, 0.2) is 0 Å². The molecule has 3 aromatic carbocycles. The number of nitrogens with one attached hydrogen (secondary N) is 3. The number of hydrogen-bond donors (Lipinski definition) is 4. The van der Waals surface area contributed by atoms with Crippen molar-refractivity contribution < 1.29 is 14.3 Å². The Kier molecular flexibility index (Phi) is 7.76. The first-order valence-corrected chi connectivity index (χ1v) is 16.2. The summed E-state index contributed by atoms with van der Waals surface area (Å²) in [7, 11) is 1.30. The molecule has 1 aromatic heterocycles. The van der Waals surface area contributed by atoms with E-state index in [2.05, 4.69) is 58.1 Å². The molecule has 2 amide bonds. The zero-order valence-electron chi connectivity index (χ0n) is 26.6. The van der Waals surface area contributed by atoms with Crippen molar-refractivity contribution in [2.24, 2.45) is 10.9 Å². The number of aromatic nitrogens is 2. The van der Waals surface area contributed by atoms with E-state index in [0.29, 0.717) is 12.2 Å². The smallest absolute Gasteiger partial charge is 0.407 e. The highest BCUT2D eigenvalue weighted by atomic mass is 16.5. The number of alkyl carbamates (subject to hydrolysis) is 1. The van der Waals surface area contributed by atoms with Gasteiger partial charge >= 0.3 is 6.09 Å². The molecule has 2 aliphatic heterocycles. The van der Waals surface area contributed by atoms with Crippen molar-refractivity contribution in [2.45, 2.75) is 63.6 Å². The average molecular weight is 620 g/mol. The molecule has 3 heterocycles. The molecular weight excluding hydrogens is 578 g/mol. The van der Waals surface area contributed by atoms with Gasteiger partial charge in [-0.25, -0.2) is 9.78 Å². The molecule has 0 radical (unpaired) electrons. The van der Waals surface area contributed by atoms with E-state index in [-0.39, 0.29) is 23.4 Å². The van der Waals surface area contributed by atoms with Crippen molar-refractivity contribution in [1.82, 2.24) is 25.5 Å². The number of hydrogen-bond acceptors (Lipinski definition) is 7. The lowest BCUT2D eigenvalue weighted by Crippen LogP contribution is -2.51. The van der Waals surface area contributed by atoms with E-state index in [1.807, 2.05) is 37.1 Å². The van der Waals surface area contributed by atoms with Gasteiger partial charge in [0, 0.05) is 24.2 Å². The van der Waals surface area contributed by atoms with Crippen LogP contribution < -0.4 is 16.4 Å². The predicted molar refractivity (Wildman–Crippen MR) is 181 cm³/mol. The van der Waals surface area contributed by atoms with Crippen LogP contribution in [0.1, 0.15) is 57.8 Å². The van der Waals surface area contributed by atoms with Gasteiger partial charge in [-0.15, -0.1) is 0 Å². The number of amides is 2. The molecule has 238 valence electrons. The molecule has 3 atom stereocenters. The molecule has 3 aliphatic rings. The maximum Gasteiger partial charge on any atom is 0.407 e. The maximum atomic E-state index is 13.5. The Morgan fingerprint density at radius 3 is 2.52 bits per heavy atom. The number of aliphatic imine (C=N–C) groups is 1. The Morgan fingerprint density at radius 1 is 1.07 bits per heavy atom. The first-order chi connectivity index (χ1) is 22.2. The molecule has 1 unspecified atom stereocenters. The second-order valence-electron chi connectivity index (χ2n) is 13.1. The number of likely N-dealkylation sites (tertiary alicyclic amines) is 1. The number of aromatic amines is 1. The fraction of sp³-hybridized carbons (Fsp3) is 0.389. The Hall–Kier alpha value is -4.70. The second-order valence-corrected chi connectivity index (χ2v) is 13.1. The van der Waals surface area contributed by atoms with Gasteiger partial charge in [0.25, 0.3) is 0 Å². The SMILES string of the molecule is COC(=O)N[C@H](C(=O)N1CCC[C@H]1c1ncc(-c2ccc3cc(-c4ccc(N=C5CC56CCCN6)c(N)c4)ccc3c2)[nH]1)C(C)C. The third-order valence-corrected chi connectivity index (χ3v) is 9.75. The second kappa shape index (κ2) is 11.9. The van der Waals surface area contributed by atoms with E-state index >= 15 is 0 Å². The van der Waals surface area contributed by atoms with E-state index in [0.717, 1.165) is 70.5 Å². The average Bonchev–Trinajstić information content (AvgIpc) is 3.55. The van der Waals surface area contributed by atoms with Gasteiger partial charge in [0.05, 0.1) is 42.0 Å². The largest absolute Gasteiger partial charge is 0.453 e. The van der Waals surface area contributed by atoms with Crippen LogP contribution >= 0.6 is 0 Å². The zero-order valence-corrected chi connectivity index (χ0v) is 26.6. The fourth-order valence-corrected chi connectivity index (χ4v) is 7.01. The third-order valence-electron chi connectivity index (χ3n) is 9.75. The summed E-state index contributed by atoms with van der Waals surface area (Å²) in [6, 6.07) is 18.1. The molecule has 1 saturated carbocycles. The number of fused-ring (bicyclic) bond motifs is 1. The zero-order chi connectivity index (χ0) is 32.0. The number of rotatable bonds is 7. The van der Waals surface area contributed by atoms with Gasteiger partial charge in [-0.2, -0.15) is 0 Å². The summed E-state index contributed by atoms with van der Waals surface area (Å²) in [6.07, 6.45) is 6.29. The number of carbonyl (C=O) groups excluding carboxylic acids is 2. The van der Waals surface area contributed by atoms with E-state index in [9.17, 15) is 9.59 Å². The predicted octanol–water partition coefficient (Wildman–Crippen LogP) is 6.12. The summed E-state index contributed by atoms with van der Waals surface area (Å²) < 4.78 is 4.75. The van der Waals surface area contributed by atoms with Gasteiger partial charge in [-0.3, -0.25) is 9.79 Å². The number of nitrogens with two attached hydrogens (primary N) is 1. The molecule has 10 heteroatoms. The highest BCUT2D eigenvalue weighted by Gasteiger charge is 2.52. The molecule has 46 heavy (non-hydrogen) atoms. The lowest BCUT2D eigenvalue weighted by molar-refractivity contribution is -0.135. The van der Waals surface area contributed by atoms with Crippen LogP contribution in [-0.4, -0.2) is 64.4 Å². The van der Waals surface area contributed by atoms with E-state index in [1.165, 1.54) is 25.7 Å². The fourth-order valence-electron chi connectivity index (χ4n) is 7.01. The minimum Gasteiger partial charge on any atom is -0.453 e. The van der Waals surface area contributed by atoms with Gasteiger partial charge < -0.3 is 31.0 Å². The minimum absolute atomic E-state index is 0.0845. The van der Waals surface area contributed by atoms with Gasteiger partial charge in [0.2, 0.25) is 5.91 Å². The molecule has 0 bridgehead atoms. The van der Waals surface area contributed by atoms with E-state index in [1.54, 1.807) is 0 Å². The van der Waals surface area contributed by atoms with Crippen LogP contribution in [0, 0.1) is 5.92 Å². The van der Waals surface area contributed by atoms with Gasteiger partial charge in [-0.1, -0.05) is 44.2 Å². The van der Waals surface area contributed by atoms with Crippen LogP contribution in [0.2, 0.25) is 0 Å². The molecule has 4 aromatic rings. The number of nitrogens with zero attached hydrogens (tertiary/aromatic N) is 3. The molecule has 10 nitrogen and oxygen atoms in total. The Morgan fingerprint density at radius 2 is 1.80 bits per heavy atom. The number of anilines is 1. The molecule has 2 saturated heterocycles. The quantitative estimate of drug-likeness (QED) is 0.184. The molecule has 7 rings (SSSR count). The standard InChI is InChI=1S/C36H41N7O3/c1-21(2)32(42-35(45)46-3)34(44)43-15-4-6-30(43)33-38-20-29(41-33)26-10-9-22-16-23(7-8-24(22)17-26)25-11-12-28(27(37)18-25)40-31-19-36(31)13-5-14-39-36/h7-12,16-18,20-21,30,32,39H,4-6,13-15,19,37H2,1-3H3,(H,38,41)(H,42,45)/t30-,32-,36?/m0/s1. The van der Waals surface area contributed by atoms with Crippen molar-refractivity contribution in [3.8, 4) is 22.4 Å². The number of H-pyrrole nitrogens is 1. The minimum atomic E-state index is -0.666. The van der Waals surface area contributed by atoms with Crippen LogP contribution in [0.3, 0.4) is 0 Å². The van der Waals surface area contributed by atoms with Crippen LogP contribution in [-0.2, 0) is 9.53 Å². The molecule has 5 N–H and O–H groups in total. The highest BCUT2D eigenvalue weighted by Crippen LogP contribution is 2.43. The van der Waals surface area contributed by atoms with Crippen molar-refractivity contribution >= 4 is 39.9 Å². The van der Waals surface area contributed by atoms with Crippen LogP contribution in [0.15, 0.2) is 65.8 Å². The number of benzene rings is 3. The molecule has 3 fully saturated rings. The Bertz CT molecular complexity index is 1840. The summed E-state index contributed by atoms with van der Waals surface area (Å²) in [5.41, 5.74) is 13.4. The van der Waals surface area contributed by atoms with Crippen molar-refractivity contribution in [2.75, 3.05) is 25.9 Å². The van der Waals surface area contributed by atoms with Crippen LogP contribution in [0.4, 0.5) is 16.2 Å². The lowest BCUT2D eigenvalue weighted by atomic mass is 9.99. The molecule has 1 aliphatic carbocycles. The van der Waals surface area contributed by atoms with Crippen molar-refractivity contribution in [3.63, 3.8) is 0 Å². The van der Waals surface area contributed by atoms with Crippen molar-refractivity contribution in [3.05, 3.63) is 66.6 Å².